The average molecular weight is 601 g/mol. The van der Waals surface area contributed by atoms with Gasteiger partial charge < -0.3 is 10.2 Å². The lowest BCUT2D eigenvalue weighted by molar-refractivity contribution is -0.156. The van der Waals surface area contributed by atoms with Crippen molar-refractivity contribution in [1.82, 2.24) is 20.1 Å². The third-order valence-corrected chi connectivity index (χ3v) is 9.02. The largest absolute Gasteiger partial charge is 0.481 e. The van der Waals surface area contributed by atoms with Crippen LogP contribution >= 0.6 is 11.8 Å². The lowest BCUT2D eigenvalue weighted by Crippen LogP contribution is -2.56. The first kappa shape index (κ1) is 28.9. The van der Waals surface area contributed by atoms with E-state index in [9.17, 15) is 46.1 Å². The van der Waals surface area contributed by atoms with Crippen LogP contribution in [-0.4, -0.2) is 53.0 Å². The second kappa shape index (κ2) is 10.4. The Hall–Kier alpha value is -3.59. The number of nitrogens with one attached hydrogen (secondary N) is 1. The summed E-state index contributed by atoms with van der Waals surface area (Å²) in [5, 5.41) is 26.5. The number of hydrogen-bond donors (Lipinski definition) is 3. The first-order valence-corrected chi connectivity index (χ1v) is 13.2. The molecule has 0 aliphatic heterocycles. The molecular formula is C26H22F6N4O4S. The molecule has 2 aliphatic rings. The Kier molecular flexibility index (Phi) is 7.30. The molecular weight excluding hydrogens is 578 g/mol. The molecule has 0 radical (unpaired) electrons. The molecule has 2 fully saturated rings. The summed E-state index contributed by atoms with van der Waals surface area (Å²) in [4.78, 5) is 30.4. The molecule has 3 N–H and O–H groups in total. The van der Waals surface area contributed by atoms with E-state index in [0.717, 1.165) is 53.1 Å². The number of fused-ring (bicyclic) bond motifs is 1. The van der Waals surface area contributed by atoms with Gasteiger partial charge in [-0.15, -0.1) is 0 Å². The van der Waals surface area contributed by atoms with Gasteiger partial charge in [-0.3, -0.25) is 19.6 Å². The molecule has 2 aliphatic carbocycles. The first-order chi connectivity index (χ1) is 19.2. The van der Waals surface area contributed by atoms with Crippen LogP contribution in [-0.2, 0) is 35.0 Å². The van der Waals surface area contributed by atoms with Crippen molar-refractivity contribution in [2.75, 3.05) is 0 Å². The highest BCUT2D eigenvalue weighted by Gasteiger charge is 2.76. The second-order valence-electron chi connectivity index (χ2n) is 10.0. The average Bonchev–Trinajstić information content (AvgIpc) is 3.25. The van der Waals surface area contributed by atoms with Gasteiger partial charge in [0.2, 0.25) is 0 Å². The highest BCUT2D eigenvalue weighted by Crippen LogP contribution is 2.68. The van der Waals surface area contributed by atoms with E-state index >= 15 is 0 Å². The molecule has 0 bridgehead atoms. The maximum Gasteiger partial charge on any atom is 0.416 e. The van der Waals surface area contributed by atoms with E-state index in [1.54, 1.807) is 0 Å². The van der Waals surface area contributed by atoms with Crippen molar-refractivity contribution in [2.45, 2.75) is 47.8 Å². The van der Waals surface area contributed by atoms with Crippen LogP contribution in [0.1, 0.15) is 28.7 Å². The number of rotatable bonds is 9. The topological polar surface area (TPSA) is 119 Å². The molecule has 0 unspecified atom stereocenters. The number of thioether (sulfide) groups is 1. The molecule has 0 amide bonds. The van der Waals surface area contributed by atoms with Gasteiger partial charge in [0.05, 0.1) is 17.0 Å². The molecule has 1 aromatic heterocycles. The van der Waals surface area contributed by atoms with Crippen molar-refractivity contribution in [3.05, 3.63) is 77.1 Å². The third-order valence-electron chi connectivity index (χ3n) is 7.81. The van der Waals surface area contributed by atoms with E-state index in [2.05, 4.69) is 15.2 Å². The molecule has 41 heavy (non-hydrogen) atoms. The minimum absolute atomic E-state index is 0.241. The quantitative estimate of drug-likeness (QED) is 0.288. The number of H-pyrrole nitrogens is 1. The minimum atomic E-state index is -4.82. The monoisotopic (exact) mass is 600 g/mol. The van der Waals surface area contributed by atoms with Crippen molar-refractivity contribution in [2.24, 2.45) is 17.8 Å². The lowest BCUT2D eigenvalue weighted by atomic mass is 9.86. The Morgan fingerprint density at radius 3 is 1.93 bits per heavy atom. The van der Waals surface area contributed by atoms with Gasteiger partial charge in [-0.25, -0.2) is 4.98 Å². The van der Waals surface area contributed by atoms with Gasteiger partial charge >= 0.3 is 24.3 Å². The first-order valence-electron chi connectivity index (χ1n) is 12.3. The number of nitrogens with zero attached hydrogens (tertiary/aromatic N) is 3. The molecule has 8 nitrogen and oxygen atoms in total. The van der Waals surface area contributed by atoms with Gasteiger partial charge in [0.15, 0.2) is 5.16 Å². The zero-order valence-electron chi connectivity index (χ0n) is 20.9. The van der Waals surface area contributed by atoms with E-state index in [0.29, 0.717) is 0 Å². The standard InChI is InChI=1S/C26H22F6N4O4S/c27-25(28,29)15-7-3-1-5-13(15)10-36(11-14-6-2-4-8-16(14)26(30,31)32)24(22(39)40)9-17(41-23-33-12-34-35-23)18-19(20(18)24)21(37)38/h1-8,12,17-20H,9-11H2,(H,37,38)(H,39,40)(H,33,34,35)/t17-,18-,19-,20-,24-/m0/s1. The van der Waals surface area contributed by atoms with E-state index in [1.165, 1.54) is 18.5 Å². The fourth-order valence-electron chi connectivity index (χ4n) is 6.15. The van der Waals surface area contributed by atoms with Gasteiger partial charge in [0, 0.05) is 24.3 Å². The number of carboxylic acid groups (broad SMARTS) is 2. The summed E-state index contributed by atoms with van der Waals surface area (Å²) < 4.78 is 83.5. The summed E-state index contributed by atoms with van der Waals surface area (Å²) in [6.45, 7) is -1.38. The number of aliphatic carboxylic acids is 2. The van der Waals surface area contributed by atoms with Crippen LogP contribution in [0.5, 0.6) is 0 Å². The van der Waals surface area contributed by atoms with Crippen molar-refractivity contribution in [3.63, 3.8) is 0 Å². The predicted octanol–water partition coefficient (Wildman–Crippen LogP) is 5.18. The van der Waals surface area contributed by atoms with Crippen molar-refractivity contribution < 1.29 is 46.1 Å². The maximum absolute atomic E-state index is 13.9. The summed E-state index contributed by atoms with van der Waals surface area (Å²) >= 11 is 1.05. The minimum Gasteiger partial charge on any atom is -0.481 e. The molecule has 218 valence electrons. The smallest absolute Gasteiger partial charge is 0.416 e. The number of benzene rings is 2. The Balaban J connectivity index is 1.64. The molecule has 0 spiro atoms. The number of aromatic nitrogens is 3. The number of carboxylic acids is 2. The Labute approximate surface area is 232 Å². The predicted molar refractivity (Wildman–Crippen MR) is 131 cm³/mol. The van der Waals surface area contributed by atoms with Crippen LogP contribution in [0.2, 0.25) is 0 Å². The van der Waals surface area contributed by atoms with Crippen LogP contribution < -0.4 is 0 Å². The van der Waals surface area contributed by atoms with E-state index in [4.69, 9.17) is 0 Å². The normalized spacial score (nSPS) is 25.7. The number of hydrogen-bond acceptors (Lipinski definition) is 6. The van der Waals surface area contributed by atoms with E-state index in [-0.39, 0.29) is 22.7 Å². The summed E-state index contributed by atoms with van der Waals surface area (Å²) in [6, 6.07) is 8.82. The van der Waals surface area contributed by atoms with E-state index in [1.807, 2.05) is 0 Å². The molecule has 5 atom stereocenters. The molecule has 0 saturated heterocycles. The molecule has 1 heterocycles. The van der Waals surface area contributed by atoms with Crippen LogP contribution in [0, 0.1) is 17.8 Å². The van der Waals surface area contributed by atoms with Gasteiger partial charge in [0.1, 0.15) is 11.9 Å². The van der Waals surface area contributed by atoms with Crippen molar-refractivity contribution in [1.29, 1.82) is 0 Å². The zero-order chi connectivity index (χ0) is 29.7. The number of alkyl halides is 6. The van der Waals surface area contributed by atoms with Gasteiger partial charge in [0.25, 0.3) is 0 Å². The maximum atomic E-state index is 13.9. The zero-order valence-corrected chi connectivity index (χ0v) is 21.7. The van der Waals surface area contributed by atoms with Crippen molar-refractivity contribution in [3.8, 4) is 0 Å². The fraction of sp³-hybridized carbons (Fsp3) is 0.385. The summed E-state index contributed by atoms with van der Waals surface area (Å²) in [5.74, 6) is -5.77. The summed E-state index contributed by atoms with van der Waals surface area (Å²) in [5.41, 5.74) is -4.92. The Bertz CT molecular complexity index is 1390. The number of carbonyl (C=O) groups is 2. The molecule has 3 aromatic rings. The fourth-order valence-corrected chi connectivity index (χ4v) is 7.48. The molecule has 2 saturated carbocycles. The molecule has 5 rings (SSSR count). The van der Waals surface area contributed by atoms with E-state index < -0.39 is 77.1 Å². The SMILES string of the molecule is O=C(O)[C@H]1[C@H]2[C@@H]1[C@@](C(=O)O)(N(Cc1ccccc1C(F)(F)F)Cc1ccccc1C(F)(F)F)C[C@@H]2Sc1ncn[nH]1. The van der Waals surface area contributed by atoms with Crippen LogP contribution in [0.4, 0.5) is 26.3 Å². The summed E-state index contributed by atoms with van der Waals surface area (Å²) in [6.07, 6.45) is -8.69. The second-order valence-corrected chi connectivity index (χ2v) is 11.2. The summed E-state index contributed by atoms with van der Waals surface area (Å²) in [7, 11) is 0. The highest BCUT2D eigenvalue weighted by molar-refractivity contribution is 7.99. The Morgan fingerprint density at radius 2 is 1.49 bits per heavy atom. The van der Waals surface area contributed by atoms with Crippen LogP contribution in [0.25, 0.3) is 0 Å². The van der Waals surface area contributed by atoms with Gasteiger partial charge in [-0.2, -0.15) is 31.4 Å². The van der Waals surface area contributed by atoms with Crippen LogP contribution in [0.3, 0.4) is 0 Å². The van der Waals surface area contributed by atoms with Gasteiger partial charge in [-0.1, -0.05) is 48.2 Å². The molecule has 2 aromatic carbocycles. The Morgan fingerprint density at radius 1 is 0.951 bits per heavy atom. The van der Waals surface area contributed by atoms with Crippen LogP contribution in [0.15, 0.2) is 60.0 Å². The number of halogens is 6. The molecule has 15 heteroatoms. The number of aromatic amines is 1. The van der Waals surface area contributed by atoms with Crippen molar-refractivity contribution >= 4 is 23.7 Å². The van der Waals surface area contributed by atoms with Gasteiger partial charge in [-0.05, 0) is 35.6 Å². The highest BCUT2D eigenvalue weighted by atomic mass is 32.2. The lowest BCUT2D eigenvalue weighted by Gasteiger charge is -2.41. The third kappa shape index (κ3) is 5.27.